The molecular formula is C62H83I2N3O23S3. The molecule has 0 spiro atoms. The van der Waals surface area contributed by atoms with Gasteiger partial charge in [-0.15, -0.1) is 0 Å². The molecule has 516 valence electrons. The van der Waals surface area contributed by atoms with Crippen LogP contribution in [0, 0.1) is 36.7 Å². The molecule has 4 heterocycles. The molecule has 6 aliphatic rings. The van der Waals surface area contributed by atoms with E-state index in [1.165, 1.54) is 69.1 Å². The second kappa shape index (κ2) is 34.3. The highest BCUT2D eigenvalue weighted by Gasteiger charge is 2.52. The zero-order valence-electron chi connectivity index (χ0n) is 53.8. The summed E-state index contributed by atoms with van der Waals surface area (Å²) in [5.41, 5.74) is 0.909. The number of nitrogens with zero attached hydrogens (tertiary/aromatic N) is 1. The minimum atomic E-state index is -2.13. The Morgan fingerprint density at radius 3 is 2.20 bits per heavy atom. The van der Waals surface area contributed by atoms with Crippen molar-refractivity contribution in [3.05, 3.63) is 47.8 Å². The highest BCUT2D eigenvalue weighted by molar-refractivity contribution is 14.1. The van der Waals surface area contributed by atoms with E-state index in [1.807, 2.05) is 72.9 Å². The van der Waals surface area contributed by atoms with Gasteiger partial charge in [-0.05, 0) is 105 Å². The predicted molar refractivity (Wildman–Crippen MR) is 358 cm³/mol. The van der Waals surface area contributed by atoms with Crippen LogP contribution in [-0.2, 0) is 61.9 Å². The third-order valence-corrected chi connectivity index (χ3v) is 24.3. The molecule has 7 N–H and O–H groups in total. The molecule has 19 atom stereocenters. The molecule has 93 heavy (non-hydrogen) atoms. The summed E-state index contributed by atoms with van der Waals surface area (Å²) in [4.78, 5) is 74.2. The second-order valence-electron chi connectivity index (χ2n) is 23.3. The van der Waals surface area contributed by atoms with E-state index in [9.17, 15) is 49.5 Å². The number of carboxylic acid groups (broad SMARTS) is 1. The number of halogens is 2. The van der Waals surface area contributed by atoms with Crippen LogP contribution < -0.4 is 25.0 Å². The number of ketones is 1. The van der Waals surface area contributed by atoms with Crippen LogP contribution in [0.25, 0.3) is 0 Å². The molecule has 0 radical (unpaired) electrons. The normalized spacial score (nSPS) is 33.7. The molecule has 26 nitrogen and oxygen atoms in total. The van der Waals surface area contributed by atoms with E-state index in [0.29, 0.717) is 20.1 Å². The van der Waals surface area contributed by atoms with E-state index >= 15 is 0 Å². The summed E-state index contributed by atoms with van der Waals surface area (Å²) in [6.45, 7) is 14.5. The number of allylic oxidation sites excluding steroid dienone is 3. The fraction of sp³-hybridized carbons (Fsp3) is 0.661. The van der Waals surface area contributed by atoms with Crippen LogP contribution in [0.4, 0.5) is 4.79 Å². The number of hydrogen-bond acceptors (Lipinski definition) is 26. The second-order valence-corrected chi connectivity index (χ2v) is 29.7. The first-order valence-electron chi connectivity index (χ1n) is 30.0. The summed E-state index contributed by atoms with van der Waals surface area (Å²) in [6.07, 6.45) is -11.6. The van der Waals surface area contributed by atoms with E-state index in [-0.39, 0.29) is 77.2 Å². The number of carboxylic acids is 1. The zero-order valence-corrected chi connectivity index (χ0v) is 60.6. The molecule has 0 unspecified atom stereocenters. The molecule has 1 aromatic carbocycles. The Hall–Kier alpha value is -3.54. The average Bonchev–Trinajstić information content (AvgIpc) is 0.764. The van der Waals surface area contributed by atoms with Gasteiger partial charge in [0.1, 0.15) is 30.5 Å². The number of fused-ring (bicyclic) bond motifs is 2. The van der Waals surface area contributed by atoms with Crippen molar-refractivity contribution in [2.75, 3.05) is 54.5 Å². The number of Topliss-reactive ketones (excluding diaryl/α,β-unsaturated/α-hetero) is 1. The Bertz CT molecular complexity index is 3090. The SMILES string of the molecule is CCN(C(C)=O)[C@H]1CO[C@@H](O[C@H]2[C@H](O[C@H]3C#C/C=C\C#C[C@]4(O)CC(=O)C(NC(=O)OC)=C3/C4=C\CSSC(C)(C)CCC(=O)O)O[C@H](C)[C@@H](NO[C@H]3C[C@H](O)[C@H](SC(=O)c4c(I)c(I)c(O[C@@H]5O[C@@H](C)[C@H](O)[C@@H](OC)[C@H]5O)c(OC)c4OC)[C@@H](C)O3)[C@@H]2C)C[C@@H]1OC. The average molecular weight is 1590 g/mol. The molecule has 31 heteroatoms. The van der Waals surface area contributed by atoms with Gasteiger partial charge in [0, 0.05) is 78.1 Å². The largest absolute Gasteiger partial charge is 0.492 e. The van der Waals surface area contributed by atoms with Gasteiger partial charge in [0.15, 0.2) is 41.8 Å². The summed E-state index contributed by atoms with van der Waals surface area (Å²) in [6, 6.07) is -1.18. The lowest BCUT2D eigenvalue weighted by Gasteiger charge is -2.48. The number of likely N-dealkylation sites (N-methyl/N-ethyl adjacent to an activating group) is 1. The minimum Gasteiger partial charge on any atom is -0.492 e. The maximum absolute atomic E-state index is 14.5. The Morgan fingerprint density at radius 1 is 0.871 bits per heavy atom. The number of aliphatic hydroxyl groups is 4. The molecule has 0 saturated carbocycles. The van der Waals surface area contributed by atoms with Crippen molar-refractivity contribution < 1.29 is 111 Å². The van der Waals surface area contributed by atoms with E-state index in [2.05, 4.69) is 34.5 Å². The quantitative estimate of drug-likeness (QED) is 0.0212. The van der Waals surface area contributed by atoms with E-state index in [1.54, 1.807) is 31.7 Å². The van der Waals surface area contributed by atoms with Crippen LogP contribution >= 0.6 is 78.5 Å². The minimum absolute atomic E-state index is 0.0191. The highest BCUT2D eigenvalue weighted by Crippen LogP contribution is 2.50. The van der Waals surface area contributed by atoms with Gasteiger partial charge < -0.3 is 87.3 Å². The molecule has 2 aliphatic carbocycles. The zero-order chi connectivity index (χ0) is 68.4. The maximum atomic E-state index is 14.5. The van der Waals surface area contributed by atoms with Gasteiger partial charge in [-0.3, -0.25) is 29.3 Å². The third-order valence-electron chi connectivity index (χ3n) is 16.6. The lowest BCUT2D eigenvalue weighted by atomic mass is 9.75. The van der Waals surface area contributed by atoms with Gasteiger partial charge in [-0.2, -0.15) is 5.48 Å². The van der Waals surface area contributed by atoms with Crippen molar-refractivity contribution in [3.63, 3.8) is 0 Å². The number of alkyl carbamates (subject to hydrolysis) is 1. The summed E-state index contributed by atoms with van der Waals surface area (Å²) >= 11 is 4.82. The highest BCUT2D eigenvalue weighted by atomic mass is 127. The van der Waals surface area contributed by atoms with Crippen molar-refractivity contribution in [3.8, 4) is 40.9 Å². The first-order chi connectivity index (χ1) is 44.1. The number of aliphatic hydroxyl groups excluding tert-OH is 3. The van der Waals surface area contributed by atoms with Crippen LogP contribution in [0.15, 0.2) is 35.1 Å². The predicted octanol–water partition coefficient (Wildman–Crippen LogP) is 5.39. The van der Waals surface area contributed by atoms with E-state index in [4.69, 9.17) is 61.7 Å². The first kappa shape index (κ1) is 76.8. The number of hydrogen-bond donors (Lipinski definition) is 7. The van der Waals surface area contributed by atoms with Crippen LogP contribution in [0.3, 0.4) is 0 Å². The molecular weight excluding hydrogens is 1500 g/mol. The van der Waals surface area contributed by atoms with Gasteiger partial charge in [0.25, 0.3) is 0 Å². The van der Waals surface area contributed by atoms with Gasteiger partial charge in [0.2, 0.25) is 23.1 Å². The molecule has 1 aromatic rings. The van der Waals surface area contributed by atoms with Crippen molar-refractivity contribution in [2.45, 2.75) is 201 Å². The van der Waals surface area contributed by atoms with E-state index < -0.39 is 149 Å². The monoisotopic (exact) mass is 1590 g/mol. The summed E-state index contributed by atoms with van der Waals surface area (Å²) in [5, 5.41) is 56.7. The molecule has 7 rings (SSSR count). The number of carbonyl (C=O) groups excluding carboxylic acids is 4. The summed E-state index contributed by atoms with van der Waals surface area (Å²) < 4.78 is 73.7. The van der Waals surface area contributed by atoms with Crippen LogP contribution in [0.5, 0.6) is 17.2 Å². The van der Waals surface area contributed by atoms with Crippen molar-refractivity contribution in [1.29, 1.82) is 0 Å². The fourth-order valence-corrected chi connectivity index (χ4v) is 16.8. The first-order valence-corrected chi connectivity index (χ1v) is 35.4. The van der Waals surface area contributed by atoms with Gasteiger partial charge >= 0.3 is 12.1 Å². The smallest absolute Gasteiger partial charge is 0.411 e. The van der Waals surface area contributed by atoms with Crippen LogP contribution in [0.1, 0.15) is 97.9 Å². The fourth-order valence-electron chi connectivity index (χ4n) is 11.7. The van der Waals surface area contributed by atoms with Crippen molar-refractivity contribution in [1.82, 2.24) is 15.7 Å². The number of rotatable bonds is 25. The number of benzene rings is 1. The number of ether oxygens (including phenoxy) is 12. The molecule has 4 fully saturated rings. The number of carbonyl (C=O) groups is 5. The lowest BCUT2D eigenvalue weighted by molar-refractivity contribution is -0.328. The van der Waals surface area contributed by atoms with Gasteiger partial charge in [-0.1, -0.05) is 70.0 Å². The number of amides is 2. The molecule has 4 saturated heterocycles. The standard InChI is InChI=1S/C62H83I2N3O23S3/c1-14-67(33(6)68)35-28-83-41(26-39(35)78-9)88-51-29(2)47(30(3)85-59(51)87-38-19-17-15-16-18-22-62(77)27-37(70)48(65-60(76)82-13)43(38)34(62)21-24-91-93-61(7,8)23-20-40(71)72)66-90-42-25-36(69)56(32(5)84-42)92-57(75)44-45(63)46(64)53(55(81-12)52(44)79-10)89-58-50(74)54(80-11)49(73)31(4)86-58/h15-16,21,29-32,35-36,38-39,41-42,47,49-51,54,56,58-59,66,69,73-74,77H,14,20,23-28H2,1-13H3,(H,65,76)(H,71,72)/b16-15-,34-21+/t29-,30+,31-,32+,35-,36-,38-,39-,41-,42-,47-,49-,50+,51+,54+,56+,58-,59-,62-/m0/s1. The molecule has 2 amide bonds. The van der Waals surface area contributed by atoms with E-state index in [0.717, 1.165) is 18.9 Å². The Kier molecular flexibility index (Phi) is 28.3. The maximum Gasteiger partial charge on any atom is 0.411 e. The third kappa shape index (κ3) is 18.4. The van der Waals surface area contributed by atoms with Crippen LogP contribution in [0.2, 0.25) is 0 Å². The topological polar surface area (TPSA) is 334 Å². The molecule has 0 aromatic heterocycles. The number of thioether (sulfide) groups is 1. The molecule has 2 bridgehead atoms. The molecule has 4 aliphatic heterocycles. The Labute approximate surface area is 580 Å². The Balaban J connectivity index is 1.15. The lowest BCUT2D eigenvalue weighted by Crippen LogP contribution is -2.62. The number of methoxy groups -OCH3 is 5. The van der Waals surface area contributed by atoms with Crippen molar-refractivity contribution in [2.24, 2.45) is 5.92 Å². The number of hydroxylamine groups is 1. The van der Waals surface area contributed by atoms with Gasteiger partial charge in [-0.25, -0.2) is 4.79 Å². The number of aliphatic carboxylic acids is 1. The Morgan fingerprint density at radius 2 is 1.57 bits per heavy atom. The van der Waals surface area contributed by atoms with Crippen LogP contribution in [-0.4, -0.2) is 228 Å². The van der Waals surface area contributed by atoms with Gasteiger partial charge in [0.05, 0.1) is 97.0 Å². The summed E-state index contributed by atoms with van der Waals surface area (Å²) in [7, 11) is 9.55. The van der Waals surface area contributed by atoms with Crippen molar-refractivity contribution >= 4 is 107 Å². The summed E-state index contributed by atoms with van der Waals surface area (Å²) in [5.74, 6) is 9.53. The number of nitrogens with one attached hydrogen (secondary N) is 2.